The summed E-state index contributed by atoms with van der Waals surface area (Å²) in [5.74, 6) is 0.538. The molecule has 0 saturated carbocycles. The predicted octanol–water partition coefficient (Wildman–Crippen LogP) is 5.26. The molecule has 0 saturated heterocycles. The molecular weight excluding hydrogens is 379 g/mol. The van der Waals surface area contributed by atoms with Crippen LogP contribution in [0.4, 0.5) is 18.9 Å². The van der Waals surface area contributed by atoms with Gasteiger partial charge in [-0.15, -0.1) is 0 Å². The number of hydrogen-bond donors (Lipinski definition) is 1. The molecule has 0 aromatic heterocycles. The van der Waals surface area contributed by atoms with E-state index in [1.807, 2.05) is 12.1 Å². The van der Waals surface area contributed by atoms with E-state index in [0.29, 0.717) is 22.4 Å². The van der Waals surface area contributed by atoms with E-state index in [-0.39, 0.29) is 34.5 Å². The normalized spacial score (nSPS) is 12.2. The number of para-hydroxylation sites is 1. The highest BCUT2D eigenvalue weighted by Gasteiger charge is 2.33. The lowest BCUT2D eigenvalue weighted by atomic mass is 9.83. The molecule has 4 nitrogen and oxygen atoms in total. The fourth-order valence-electron chi connectivity index (χ4n) is 3.61. The topological polar surface area (TPSA) is 82.8 Å². The number of hydrogen-bond acceptors (Lipinski definition) is 4. The van der Waals surface area contributed by atoms with Gasteiger partial charge in [-0.2, -0.15) is 23.7 Å². The summed E-state index contributed by atoms with van der Waals surface area (Å²) in [6.45, 7) is 0.00155. The summed E-state index contributed by atoms with van der Waals surface area (Å²) < 4.78 is 45.5. The molecule has 0 unspecified atom stereocenters. The van der Waals surface area contributed by atoms with E-state index in [1.165, 1.54) is 12.1 Å². The van der Waals surface area contributed by atoms with Crippen molar-refractivity contribution in [2.75, 3.05) is 5.73 Å². The lowest BCUT2D eigenvalue weighted by Crippen LogP contribution is -2.13. The Morgan fingerprint density at radius 3 is 2.31 bits per heavy atom. The first-order valence-electron chi connectivity index (χ1n) is 8.55. The Morgan fingerprint density at radius 2 is 1.62 bits per heavy atom. The molecule has 0 bridgehead atoms. The van der Waals surface area contributed by atoms with E-state index in [0.717, 1.165) is 12.1 Å². The third-order valence-electron chi connectivity index (χ3n) is 4.87. The number of nitriles is 2. The van der Waals surface area contributed by atoms with Crippen LogP contribution in [0.3, 0.4) is 0 Å². The molecule has 3 aromatic carbocycles. The highest BCUT2D eigenvalue weighted by Crippen LogP contribution is 2.47. The van der Waals surface area contributed by atoms with Gasteiger partial charge in [0.1, 0.15) is 24.5 Å². The highest BCUT2D eigenvalue weighted by atomic mass is 19.4. The summed E-state index contributed by atoms with van der Waals surface area (Å²) in [6, 6.07) is 15.7. The van der Waals surface area contributed by atoms with E-state index in [9.17, 15) is 23.7 Å². The zero-order valence-electron chi connectivity index (χ0n) is 14.8. The van der Waals surface area contributed by atoms with Gasteiger partial charge in [0.2, 0.25) is 0 Å². The Bertz CT molecular complexity index is 1230. The summed E-state index contributed by atoms with van der Waals surface area (Å²) in [7, 11) is 0. The second-order valence-corrected chi connectivity index (χ2v) is 6.48. The minimum atomic E-state index is -4.54. The molecule has 0 spiro atoms. The van der Waals surface area contributed by atoms with Crippen molar-refractivity contribution in [3.63, 3.8) is 0 Å². The first-order valence-corrected chi connectivity index (χ1v) is 8.55. The Hall–Kier alpha value is -3.97. The molecule has 3 aromatic rings. The number of ether oxygens (including phenoxy) is 1. The van der Waals surface area contributed by atoms with Crippen LogP contribution in [0.5, 0.6) is 5.75 Å². The molecule has 0 atom stereocenters. The minimum absolute atomic E-state index is 0.00155. The van der Waals surface area contributed by atoms with E-state index in [4.69, 9.17) is 10.5 Å². The number of alkyl halides is 3. The fourth-order valence-corrected chi connectivity index (χ4v) is 3.61. The smallest absolute Gasteiger partial charge is 0.416 e. The van der Waals surface area contributed by atoms with Gasteiger partial charge in [0.05, 0.1) is 22.4 Å². The van der Waals surface area contributed by atoms with Crippen molar-refractivity contribution in [1.29, 1.82) is 10.5 Å². The van der Waals surface area contributed by atoms with E-state index >= 15 is 0 Å². The maximum absolute atomic E-state index is 13.2. The average Bonchev–Trinajstić information content (AvgIpc) is 2.72. The summed E-state index contributed by atoms with van der Waals surface area (Å²) in [6.07, 6.45) is -4.54. The number of rotatable bonds is 1. The molecule has 4 rings (SSSR count). The van der Waals surface area contributed by atoms with Gasteiger partial charge in [-0.1, -0.05) is 30.3 Å². The molecule has 29 heavy (non-hydrogen) atoms. The number of nitrogen functional groups attached to an aromatic ring is 1. The molecule has 1 aliphatic rings. The van der Waals surface area contributed by atoms with Crippen LogP contribution in [-0.2, 0) is 12.8 Å². The molecule has 7 heteroatoms. The SMILES string of the molecule is N#Cc1c(N)c(C#N)c2c(c1-c1cccc(C(F)(F)F)c1)COc1ccccc1-2. The van der Waals surface area contributed by atoms with Crippen LogP contribution in [0.1, 0.15) is 22.3 Å². The number of halogens is 3. The molecular formula is C22H12F3N3O. The first kappa shape index (κ1) is 18.4. The molecule has 142 valence electrons. The van der Waals surface area contributed by atoms with Gasteiger partial charge in [-0.05, 0) is 23.8 Å². The van der Waals surface area contributed by atoms with Gasteiger partial charge in [-0.3, -0.25) is 0 Å². The third-order valence-corrected chi connectivity index (χ3v) is 4.87. The second kappa shape index (κ2) is 6.57. The van der Waals surface area contributed by atoms with Gasteiger partial charge in [0.25, 0.3) is 0 Å². The Balaban J connectivity index is 2.12. The van der Waals surface area contributed by atoms with E-state index in [2.05, 4.69) is 0 Å². The quantitative estimate of drug-likeness (QED) is 0.574. The number of anilines is 1. The first-order chi connectivity index (χ1) is 13.9. The molecule has 0 radical (unpaired) electrons. The Kier molecular flexibility index (Phi) is 4.17. The zero-order valence-corrected chi connectivity index (χ0v) is 14.8. The standard InChI is InChI=1S/C22H12F3N3O/c23-22(24,25)13-5-3-4-12(8-13)19-15(9-26)21(28)16(10-27)20-14-6-1-2-7-18(14)29-11-17(19)20/h1-8H,11,28H2. The van der Waals surface area contributed by atoms with Crippen molar-refractivity contribution in [1.82, 2.24) is 0 Å². The van der Waals surface area contributed by atoms with Crippen molar-refractivity contribution in [3.8, 4) is 40.1 Å². The summed E-state index contributed by atoms with van der Waals surface area (Å²) in [4.78, 5) is 0. The van der Waals surface area contributed by atoms with Crippen LogP contribution in [0, 0.1) is 22.7 Å². The molecule has 1 heterocycles. The number of nitrogens with zero attached hydrogens (tertiary/aromatic N) is 2. The van der Waals surface area contributed by atoms with Crippen LogP contribution in [-0.4, -0.2) is 0 Å². The van der Waals surface area contributed by atoms with Gasteiger partial charge < -0.3 is 10.5 Å². The van der Waals surface area contributed by atoms with Crippen LogP contribution >= 0.6 is 0 Å². The van der Waals surface area contributed by atoms with Crippen LogP contribution in [0.2, 0.25) is 0 Å². The largest absolute Gasteiger partial charge is 0.488 e. The van der Waals surface area contributed by atoms with Crippen molar-refractivity contribution in [2.24, 2.45) is 0 Å². The maximum atomic E-state index is 13.2. The van der Waals surface area contributed by atoms with E-state index < -0.39 is 11.7 Å². The van der Waals surface area contributed by atoms with Gasteiger partial charge >= 0.3 is 6.18 Å². The molecule has 0 fully saturated rings. The summed E-state index contributed by atoms with van der Waals surface area (Å²) in [5, 5.41) is 19.4. The second-order valence-electron chi connectivity index (χ2n) is 6.48. The summed E-state index contributed by atoms with van der Waals surface area (Å²) in [5.41, 5.74) is 7.31. The van der Waals surface area contributed by atoms with Crippen molar-refractivity contribution in [2.45, 2.75) is 12.8 Å². The van der Waals surface area contributed by atoms with Gasteiger partial charge in [0, 0.05) is 22.3 Å². The molecule has 1 aliphatic heterocycles. The molecule has 0 aliphatic carbocycles. The van der Waals surface area contributed by atoms with Crippen LogP contribution in [0.15, 0.2) is 48.5 Å². The van der Waals surface area contributed by atoms with Gasteiger partial charge in [-0.25, -0.2) is 0 Å². The lowest BCUT2D eigenvalue weighted by Gasteiger charge is -2.26. The minimum Gasteiger partial charge on any atom is -0.488 e. The lowest BCUT2D eigenvalue weighted by molar-refractivity contribution is -0.137. The Morgan fingerprint density at radius 1 is 0.931 bits per heavy atom. The van der Waals surface area contributed by atoms with E-state index in [1.54, 1.807) is 24.3 Å². The average molecular weight is 391 g/mol. The zero-order chi connectivity index (χ0) is 20.8. The number of benzene rings is 3. The highest BCUT2D eigenvalue weighted by molar-refractivity contribution is 5.94. The van der Waals surface area contributed by atoms with Crippen LogP contribution in [0.25, 0.3) is 22.3 Å². The Labute approximate surface area is 164 Å². The third kappa shape index (κ3) is 2.84. The van der Waals surface area contributed by atoms with Crippen molar-refractivity contribution in [3.05, 3.63) is 70.8 Å². The monoisotopic (exact) mass is 391 g/mol. The summed E-state index contributed by atoms with van der Waals surface area (Å²) >= 11 is 0. The van der Waals surface area contributed by atoms with Crippen molar-refractivity contribution >= 4 is 5.69 Å². The van der Waals surface area contributed by atoms with Crippen LogP contribution < -0.4 is 10.5 Å². The van der Waals surface area contributed by atoms with Gasteiger partial charge in [0.15, 0.2) is 0 Å². The maximum Gasteiger partial charge on any atom is 0.416 e. The molecule has 2 N–H and O–H groups in total. The number of nitrogens with two attached hydrogens (primary N) is 1. The number of fused-ring (bicyclic) bond motifs is 3. The predicted molar refractivity (Wildman–Crippen MR) is 100 cm³/mol. The van der Waals surface area contributed by atoms with Crippen molar-refractivity contribution < 1.29 is 17.9 Å². The fraction of sp³-hybridized carbons (Fsp3) is 0.0909. The molecule has 0 amide bonds.